The van der Waals surface area contributed by atoms with Gasteiger partial charge in [0, 0.05) is 18.2 Å². The van der Waals surface area contributed by atoms with Crippen molar-refractivity contribution in [1.29, 1.82) is 0 Å². The fraction of sp³-hybridized carbons (Fsp3) is 0.200. The molecule has 0 fully saturated rings. The average molecular weight is 289 g/mol. The number of hydrogen-bond acceptors (Lipinski definition) is 3. The Morgan fingerprint density at radius 3 is 2.30 bits per heavy atom. The standard InChI is InChI=1S/C15H15NO3S/c1-18-13-7-12(8-14(9-13)19-2)16-10-11-5-3-4-6-15(11)20(16)17/h3-9H,10H2,1-2H3. The van der Waals surface area contributed by atoms with E-state index in [-0.39, 0.29) is 0 Å². The molecule has 0 amide bonds. The van der Waals surface area contributed by atoms with Crippen LogP contribution in [0, 0.1) is 0 Å². The Morgan fingerprint density at radius 1 is 1.05 bits per heavy atom. The number of nitrogens with zero attached hydrogens (tertiary/aromatic N) is 1. The van der Waals surface area contributed by atoms with Crippen LogP contribution < -0.4 is 13.8 Å². The van der Waals surface area contributed by atoms with Crippen LogP contribution in [-0.4, -0.2) is 18.4 Å². The molecule has 1 unspecified atom stereocenters. The fourth-order valence-corrected chi connectivity index (χ4v) is 3.60. The summed E-state index contributed by atoms with van der Waals surface area (Å²) in [4.78, 5) is 0.870. The summed E-state index contributed by atoms with van der Waals surface area (Å²) in [5.41, 5.74) is 1.92. The van der Waals surface area contributed by atoms with Crippen molar-refractivity contribution in [2.24, 2.45) is 0 Å². The van der Waals surface area contributed by atoms with Crippen LogP contribution in [0.25, 0.3) is 0 Å². The summed E-state index contributed by atoms with van der Waals surface area (Å²) in [5, 5.41) is 0. The van der Waals surface area contributed by atoms with Crippen LogP contribution in [0.2, 0.25) is 0 Å². The highest BCUT2D eigenvalue weighted by atomic mass is 32.2. The monoisotopic (exact) mass is 289 g/mol. The molecule has 1 atom stereocenters. The number of benzene rings is 2. The quantitative estimate of drug-likeness (QED) is 0.872. The molecule has 4 nitrogen and oxygen atoms in total. The first-order valence-electron chi connectivity index (χ1n) is 6.23. The van der Waals surface area contributed by atoms with Gasteiger partial charge in [-0.25, -0.2) is 4.21 Å². The van der Waals surface area contributed by atoms with Gasteiger partial charge in [0.25, 0.3) is 0 Å². The zero-order valence-corrected chi connectivity index (χ0v) is 12.1. The van der Waals surface area contributed by atoms with Crippen LogP contribution in [0.15, 0.2) is 47.4 Å². The fourth-order valence-electron chi connectivity index (χ4n) is 2.26. The maximum Gasteiger partial charge on any atom is 0.153 e. The molecule has 0 spiro atoms. The Balaban J connectivity index is 2.01. The van der Waals surface area contributed by atoms with E-state index in [2.05, 4.69) is 0 Å². The highest BCUT2D eigenvalue weighted by Crippen LogP contribution is 2.35. The molecule has 1 aliphatic rings. The smallest absolute Gasteiger partial charge is 0.153 e. The Hall–Kier alpha value is -2.01. The molecule has 0 radical (unpaired) electrons. The van der Waals surface area contributed by atoms with Crippen LogP contribution in [0.4, 0.5) is 5.69 Å². The van der Waals surface area contributed by atoms with E-state index in [0.29, 0.717) is 18.0 Å². The molecule has 0 aliphatic carbocycles. The Morgan fingerprint density at radius 2 is 1.70 bits per heavy atom. The maximum absolute atomic E-state index is 12.6. The van der Waals surface area contributed by atoms with Crippen LogP contribution in [0.5, 0.6) is 11.5 Å². The van der Waals surface area contributed by atoms with E-state index >= 15 is 0 Å². The molecule has 104 valence electrons. The summed E-state index contributed by atoms with van der Waals surface area (Å²) in [6.07, 6.45) is 0. The molecule has 0 aromatic heterocycles. The molecular weight excluding hydrogens is 274 g/mol. The molecular formula is C15H15NO3S. The molecule has 0 saturated heterocycles. The Kier molecular flexibility index (Phi) is 3.36. The number of ether oxygens (including phenoxy) is 2. The van der Waals surface area contributed by atoms with E-state index in [1.807, 2.05) is 40.7 Å². The van der Waals surface area contributed by atoms with Crippen molar-refractivity contribution in [3.63, 3.8) is 0 Å². The highest BCUT2D eigenvalue weighted by Gasteiger charge is 2.27. The molecule has 0 N–H and O–H groups in total. The van der Waals surface area contributed by atoms with Gasteiger partial charge >= 0.3 is 0 Å². The lowest BCUT2D eigenvalue weighted by Gasteiger charge is -2.18. The molecule has 1 aliphatic heterocycles. The van der Waals surface area contributed by atoms with E-state index < -0.39 is 11.0 Å². The predicted molar refractivity (Wildman–Crippen MR) is 78.6 cm³/mol. The lowest BCUT2D eigenvalue weighted by atomic mass is 10.2. The predicted octanol–water partition coefficient (Wildman–Crippen LogP) is 2.75. The summed E-state index contributed by atoms with van der Waals surface area (Å²) >= 11 is 0. The number of fused-ring (bicyclic) bond motifs is 1. The molecule has 5 heteroatoms. The topological polar surface area (TPSA) is 38.8 Å². The normalized spacial score (nSPS) is 16.9. The van der Waals surface area contributed by atoms with E-state index in [0.717, 1.165) is 16.1 Å². The molecule has 0 saturated carbocycles. The van der Waals surface area contributed by atoms with Gasteiger partial charge in [-0.2, -0.15) is 0 Å². The van der Waals surface area contributed by atoms with Crippen molar-refractivity contribution in [2.45, 2.75) is 11.4 Å². The lowest BCUT2D eigenvalue weighted by Crippen LogP contribution is -2.18. The number of anilines is 1. The van der Waals surface area contributed by atoms with Gasteiger partial charge in [0.2, 0.25) is 0 Å². The minimum atomic E-state index is -1.18. The molecule has 3 rings (SSSR count). The van der Waals surface area contributed by atoms with Crippen molar-refractivity contribution >= 4 is 16.7 Å². The molecule has 2 aromatic carbocycles. The zero-order chi connectivity index (χ0) is 14.1. The second-order valence-corrected chi connectivity index (χ2v) is 5.84. The second kappa shape index (κ2) is 5.17. The minimum Gasteiger partial charge on any atom is -0.497 e. The summed E-state index contributed by atoms with van der Waals surface area (Å²) in [5.74, 6) is 1.37. The maximum atomic E-state index is 12.6. The largest absolute Gasteiger partial charge is 0.497 e. The van der Waals surface area contributed by atoms with Gasteiger partial charge in [0.05, 0.1) is 31.3 Å². The number of rotatable bonds is 3. The van der Waals surface area contributed by atoms with Gasteiger partial charge in [-0.05, 0) is 11.6 Å². The summed E-state index contributed by atoms with van der Waals surface area (Å²) in [7, 11) is 2.03. The van der Waals surface area contributed by atoms with Gasteiger partial charge in [-0.1, -0.05) is 18.2 Å². The third kappa shape index (κ3) is 2.14. The van der Waals surface area contributed by atoms with Crippen molar-refractivity contribution in [1.82, 2.24) is 0 Å². The molecule has 0 bridgehead atoms. The SMILES string of the molecule is COc1cc(OC)cc(N2Cc3ccccc3S2=O)c1. The van der Waals surface area contributed by atoms with Gasteiger partial charge < -0.3 is 9.47 Å². The second-order valence-electron chi connectivity index (χ2n) is 4.46. The molecule has 20 heavy (non-hydrogen) atoms. The first-order valence-corrected chi connectivity index (χ1v) is 7.34. The first kappa shape index (κ1) is 13.0. The van der Waals surface area contributed by atoms with Crippen LogP contribution >= 0.6 is 0 Å². The van der Waals surface area contributed by atoms with Crippen molar-refractivity contribution in [3.8, 4) is 11.5 Å². The van der Waals surface area contributed by atoms with E-state index in [4.69, 9.17) is 9.47 Å². The summed E-state index contributed by atoms with van der Waals surface area (Å²) < 4.78 is 24.9. The molecule has 2 aromatic rings. The molecule has 1 heterocycles. The number of hydrogen-bond donors (Lipinski definition) is 0. The summed E-state index contributed by atoms with van der Waals surface area (Å²) in [6.45, 7) is 0.624. The Labute approximate surface area is 120 Å². The third-order valence-electron chi connectivity index (χ3n) is 3.30. The van der Waals surface area contributed by atoms with E-state index in [1.54, 1.807) is 20.3 Å². The summed E-state index contributed by atoms with van der Waals surface area (Å²) in [6, 6.07) is 13.3. The third-order valence-corrected chi connectivity index (χ3v) is 4.81. The zero-order valence-electron chi connectivity index (χ0n) is 11.3. The minimum absolute atomic E-state index is 0.624. The van der Waals surface area contributed by atoms with Crippen molar-refractivity contribution in [3.05, 3.63) is 48.0 Å². The van der Waals surface area contributed by atoms with Gasteiger partial charge in [-0.15, -0.1) is 0 Å². The number of methoxy groups -OCH3 is 2. The van der Waals surface area contributed by atoms with Gasteiger partial charge in [0.15, 0.2) is 11.0 Å². The van der Waals surface area contributed by atoms with Gasteiger partial charge in [0.1, 0.15) is 11.5 Å². The van der Waals surface area contributed by atoms with Crippen LogP contribution in [0.1, 0.15) is 5.56 Å². The van der Waals surface area contributed by atoms with Gasteiger partial charge in [-0.3, -0.25) is 4.31 Å². The van der Waals surface area contributed by atoms with E-state index in [9.17, 15) is 4.21 Å². The Bertz CT molecular complexity index is 650. The average Bonchev–Trinajstić information content (AvgIpc) is 2.84. The highest BCUT2D eigenvalue weighted by molar-refractivity contribution is 7.86. The van der Waals surface area contributed by atoms with Crippen molar-refractivity contribution in [2.75, 3.05) is 18.5 Å². The van der Waals surface area contributed by atoms with E-state index in [1.165, 1.54) is 0 Å². The van der Waals surface area contributed by atoms with Crippen LogP contribution in [-0.2, 0) is 17.5 Å². The van der Waals surface area contributed by atoms with Crippen molar-refractivity contribution < 1.29 is 13.7 Å². The first-order chi connectivity index (χ1) is 9.72. The van der Waals surface area contributed by atoms with Crippen LogP contribution in [0.3, 0.4) is 0 Å². The lowest BCUT2D eigenvalue weighted by molar-refractivity contribution is 0.394.